The smallest absolute Gasteiger partial charge is 0.315 e. The lowest BCUT2D eigenvalue weighted by atomic mass is 10.1. The number of halogens is 1. The Morgan fingerprint density at radius 2 is 1.76 bits per heavy atom. The monoisotopic (exact) mass is 306 g/mol. The minimum absolute atomic E-state index is 0.212. The van der Waals surface area contributed by atoms with Crippen molar-refractivity contribution in [2.45, 2.75) is 32.1 Å². The molecule has 5 nitrogen and oxygen atoms in total. The minimum Gasteiger partial charge on any atom is -0.481 e. The zero-order valence-corrected chi connectivity index (χ0v) is 11.4. The van der Waals surface area contributed by atoms with Crippen LogP contribution < -0.4 is 10.6 Å². The third-order valence-electron chi connectivity index (χ3n) is 2.04. The summed E-state index contributed by atoms with van der Waals surface area (Å²) in [5.74, 6) is -0.752. The fourth-order valence-electron chi connectivity index (χ4n) is 1.20. The van der Waals surface area contributed by atoms with Crippen LogP contribution in [0, 0.1) is 0 Å². The Morgan fingerprint density at radius 1 is 1.12 bits per heavy atom. The number of nitrogens with one attached hydrogen (secondary N) is 2. The van der Waals surface area contributed by atoms with Gasteiger partial charge in [-0.3, -0.25) is 4.79 Å². The van der Waals surface area contributed by atoms with Crippen molar-refractivity contribution >= 4 is 27.9 Å². The molecule has 0 aliphatic carbocycles. The van der Waals surface area contributed by atoms with Gasteiger partial charge in [-0.15, -0.1) is 0 Å². The lowest BCUT2D eigenvalue weighted by Crippen LogP contribution is -2.36. The fourth-order valence-corrected chi connectivity index (χ4v) is 1.34. The Bertz CT molecular complexity index is 269. The standard InChI is InChI=1S/C11H19BrN2O3/c1-9(12)8-14-11(17)13-7-5-3-2-4-6-10(15)16/h1-8H2,(H,15,16)(H2,13,14,17). The first-order valence-corrected chi connectivity index (χ1v) is 6.38. The van der Waals surface area contributed by atoms with Crippen molar-refractivity contribution in [1.29, 1.82) is 0 Å². The highest BCUT2D eigenvalue weighted by atomic mass is 79.9. The Balaban J connectivity index is 3.24. The largest absolute Gasteiger partial charge is 0.481 e. The van der Waals surface area contributed by atoms with Crippen LogP contribution >= 0.6 is 15.9 Å². The number of carboxylic acid groups (broad SMARTS) is 1. The second-order valence-corrected chi connectivity index (χ2v) is 4.81. The molecular formula is C11H19BrN2O3. The molecule has 0 fully saturated rings. The zero-order valence-electron chi connectivity index (χ0n) is 9.80. The van der Waals surface area contributed by atoms with E-state index in [4.69, 9.17) is 5.11 Å². The number of carbonyl (C=O) groups is 2. The van der Waals surface area contributed by atoms with Gasteiger partial charge in [-0.1, -0.05) is 35.4 Å². The molecule has 0 aromatic carbocycles. The van der Waals surface area contributed by atoms with Crippen LogP contribution in [-0.4, -0.2) is 30.2 Å². The molecule has 0 saturated carbocycles. The third-order valence-corrected chi connectivity index (χ3v) is 2.32. The highest BCUT2D eigenvalue weighted by molar-refractivity contribution is 9.11. The van der Waals surface area contributed by atoms with E-state index in [0.717, 1.165) is 23.7 Å². The molecular weight excluding hydrogens is 288 g/mol. The average Bonchev–Trinajstić information content (AvgIpc) is 2.24. The van der Waals surface area contributed by atoms with Crippen molar-refractivity contribution in [3.05, 3.63) is 11.1 Å². The maximum Gasteiger partial charge on any atom is 0.315 e. The Kier molecular flexibility index (Phi) is 9.52. The van der Waals surface area contributed by atoms with E-state index < -0.39 is 5.97 Å². The Hall–Kier alpha value is -1.04. The summed E-state index contributed by atoms with van der Waals surface area (Å²) in [4.78, 5) is 21.4. The molecule has 0 saturated heterocycles. The molecule has 2 amide bonds. The third kappa shape index (κ3) is 12.9. The second kappa shape index (κ2) is 10.1. The van der Waals surface area contributed by atoms with Gasteiger partial charge in [0.2, 0.25) is 0 Å². The van der Waals surface area contributed by atoms with Gasteiger partial charge in [0.05, 0.1) is 6.54 Å². The van der Waals surface area contributed by atoms with Crippen LogP contribution in [0.15, 0.2) is 11.1 Å². The molecule has 0 aromatic heterocycles. The van der Waals surface area contributed by atoms with Gasteiger partial charge < -0.3 is 15.7 Å². The molecule has 3 N–H and O–H groups in total. The number of aliphatic carboxylic acids is 1. The summed E-state index contributed by atoms with van der Waals surface area (Å²) >= 11 is 3.14. The molecule has 0 aromatic rings. The topological polar surface area (TPSA) is 78.4 Å². The van der Waals surface area contributed by atoms with Gasteiger partial charge >= 0.3 is 12.0 Å². The first kappa shape index (κ1) is 16.0. The van der Waals surface area contributed by atoms with Crippen LogP contribution in [-0.2, 0) is 4.79 Å². The SMILES string of the molecule is C=C(Br)CNC(=O)NCCCCCCC(=O)O. The molecule has 0 heterocycles. The van der Waals surface area contributed by atoms with Crippen LogP contribution in [0.2, 0.25) is 0 Å². The number of rotatable bonds is 9. The van der Waals surface area contributed by atoms with Crippen LogP contribution in [0.5, 0.6) is 0 Å². The molecule has 0 unspecified atom stereocenters. The van der Waals surface area contributed by atoms with Gasteiger partial charge in [0, 0.05) is 17.4 Å². The van der Waals surface area contributed by atoms with Crippen molar-refractivity contribution in [3.63, 3.8) is 0 Å². The van der Waals surface area contributed by atoms with E-state index in [0.29, 0.717) is 19.5 Å². The van der Waals surface area contributed by atoms with E-state index in [1.807, 2.05) is 0 Å². The van der Waals surface area contributed by atoms with Crippen LogP contribution in [0.1, 0.15) is 32.1 Å². The highest BCUT2D eigenvalue weighted by Gasteiger charge is 1.99. The minimum atomic E-state index is -0.752. The molecule has 0 aliphatic heterocycles. The summed E-state index contributed by atoms with van der Waals surface area (Å²) in [5.41, 5.74) is 0. The Labute approximate surface area is 110 Å². The quantitative estimate of drug-likeness (QED) is 0.572. The van der Waals surface area contributed by atoms with Crippen molar-refractivity contribution in [1.82, 2.24) is 10.6 Å². The molecule has 17 heavy (non-hydrogen) atoms. The predicted octanol–water partition coefficient (Wildman–Crippen LogP) is 2.23. The van der Waals surface area contributed by atoms with Crippen molar-refractivity contribution in [3.8, 4) is 0 Å². The number of urea groups is 1. The second-order valence-electron chi connectivity index (χ2n) is 3.68. The molecule has 0 radical (unpaired) electrons. The summed E-state index contributed by atoms with van der Waals surface area (Å²) in [6, 6.07) is -0.212. The van der Waals surface area contributed by atoms with Gasteiger partial charge in [-0.25, -0.2) is 4.79 Å². The van der Waals surface area contributed by atoms with E-state index in [2.05, 4.69) is 33.1 Å². The van der Waals surface area contributed by atoms with E-state index >= 15 is 0 Å². The van der Waals surface area contributed by atoms with Crippen LogP contribution in [0.4, 0.5) is 4.79 Å². The lowest BCUT2D eigenvalue weighted by molar-refractivity contribution is -0.137. The van der Waals surface area contributed by atoms with Crippen molar-refractivity contribution in [2.24, 2.45) is 0 Å². The van der Waals surface area contributed by atoms with Crippen LogP contribution in [0.3, 0.4) is 0 Å². The summed E-state index contributed by atoms with van der Waals surface area (Å²) in [6.45, 7) is 4.61. The number of unbranched alkanes of at least 4 members (excludes halogenated alkanes) is 3. The summed E-state index contributed by atoms with van der Waals surface area (Å²) < 4.78 is 0.723. The maximum atomic E-state index is 11.2. The number of hydrogen-bond acceptors (Lipinski definition) is 2. The van der Waals surface area contributed by atoms with Gasteiger partial charge in [0.25, 0.3) is 0 Å². The van der Waals surface area contributed by atoms with Gasteiger partial charge in [-0.05, 0) is 12.8 Å². The molecule has 98 valence electrons. The first-order chi connectivity index (χ1) is 8.02. The summed E-state index contributed by atoms with van der Waals surface area (Å²) in [5, 5.41) is 13.8. The molecule has 0 bridgehead atoms. The van der Waals surface area contributed by atoms with Crippen molar-refractivity contribution < 1.29 is 14.7 Å². The maximum absolute atomic E-state index is 11.2. The van der Waals surface area contributed by atoms with E-state index in [9.17, 15) is 9.59 Å². The molecule has 0 spiro atoms. The highest BCUT2D eigenvalue weighted by Crippen LogP contribution is 2.02. The van der Waals surface area contributed by atoms with E-state index in [1.54, 1.807) is 0 Å². The number of carboxylic acids is 1. The fraction of sp³-hybridized carbons (Fsp3) is 0.636. The number of carbonyl (C=O) groups excluding carboxylic acids is 1. The number of amides is 2. The van der Waals surface area contributed by atoms with Gasteiger partial charge in [0.1, 0.15) is 0 Å². The number of hydrogen-bond donors (Lipinski definition) is 3. The predicted molar refractivity (Wildman–Crippen MR) is 70.2 cm³/mol. The molecule has 0 atom stereocenters. The normalized spacial score (nSPS) is 9.71. The van der Waals surface area contributed by atoms with E-state index in [1.165, 1.54) is 0 Å². The van der Waals surface area contributed by atoms with Gasteiger partial charge in [-0.2, -0.15) is 0 Å². The molecule has 6 heteroatoms. The zero-order chi connectivity index (χ0) is 13.1. The molecule has 0 rings (SSSR count). The summed E-state index contributed by atoms with van der Waals surface area (Å²) in [6.07, 6.45) is 3.60. The van der Waals surface area contributed by atoms with Crippen molar-refractivity contribution in [2.75, 3.05) is 13.1 Å². The van der Waals surface area contributed by atoms with Crippen LogP contribution in [0.25, 0.3) is 0 Å². The average molecular weight is 307 g/mol. The first-order valence-electron chi connectivity index (χ1n) is 5.59. The lowest BCUT2D eigenvalue weighted by Gasteiger charge is -2.06. The van der Waals surface area contributed by atoms with Gasteiger partial charge in [0.15, 0.2) is 0 Å². The Morgan fingerprint density at radius 3 is 2.35 bits per heavy atom. The summed E-state index contributed by atoms with van der Waals surface area (Å²) in [7, 11) is 0. The molecule has 0 aliphatic rings. The van der Waals surface area contributed by atoms with E-state index in [-0.39, 0.29) is 12.5 Å².